The third-order valence-electron chi connectivity index (χ3n) is 0.500. The van der Waals surface area contributed by atoms with E-state index in [0.29, 0.717) is 0 Å². The summed E-state index contributed by atoms with van der Waals surface area (Å²) in [6, 6.07) is 0. The van der Waals surface area contributed by atoms with Crippen LogP contribution in [-0.4, -0.2) is 25.8 Å². The first-order valence-electron chi connectivity index (χ1n) is 1.91. The average Bonchev–Trinajstić information content (AvgIpc) is 1.37. The SMILES string of the molecule is CCCC.Cl.[InH3]. The second-order valence-electron chi connectivity index (χ2n) is 1.000. The van der Waals surface area contributed by atoms with Gasteiger partial charge in [-0.15, -0.1) is 12.4 Å². The summed E-state index contributed by atoms with van der Waals surface area (Å²) in [6.45, 7) is 4.36. The molecular weight excluding hydrogens is 198 g/mol. The van der Waals surface area contributed by atoms with Crippen LogP contribution >= 0.6 is 12.4 Å². The molecule has 0 amide bonds. The van der Waals surface area contributed by atoms with Crippen molar-refractivity contribution < 1.29 is 0 Å². The summed E-state index contributed by atoms with van der Waals surface area (Å²) in [5.74, 6) is 0. The zero-order valence-electron chi connectivity index (χ0n) is 3.82. The second kappa shape index (κ2) is 16.4. The van der Waals surface area contributed by atoms with Crippen molar-refractivity contribution in [2.45, 2.75) is 26.7 Å². The fourth-order valence-corrected chi connectivity index (χ4v) is 0. The quantitative estimate of drug-likeness (QED) is 0.609. The van der Waals surface area contributed by atoms with Crippen LogP contribution in [0.2, 0.25) is 0 Å². The number of hydrogen-bond donors (Lipinski definition) is 0. The Balaban J connectivity index is -0.0000000450. The van der Waals surface area contributed by atoms with Crippen molar-refractivity contribution in [1.82, 2.24) is 0 Å². The van der Waals surface area contributed by atoms with Gasteiger partial charge in [0.15, 0.2) is 0 Å². The van der Waals surface area contributed by atoms with E-state index >= 15 is 0 Å². The van der Waals surface area contributed by atoms with E-state index in [0.717, 1.165) is 0 Å². The van der Waals surface area contributed by atoms with Gasteiger partial charge in [0.1, 0.15) is 0 Å². The topological polar surface area (TPSA) is 0 Å². The van der Waals surface area contributed by atoms with Crippen LogP contribution in [-0.2, 0) is 0 Å². The van der Waals surface area contributed by atoms with Crippen LogP contribution in [0.3, 0.4) is 0 Å². The van der Waals surface area contributed by atoms with E-state index in [9.17, 15) is 0 Å². The van der Waals surface area contributed by atoms with Crippen LogP contribution < -0.4 is 0 Å². The van der Waals surface area contributed by atoms with Gasteiger partial charge >= 0.3 is 25.8 Å². The molecule has 0 atom stereocenters. The molecule has 2 heteroatoms. The Kier molecular flexibility index (Phi) is 43.0. The zero-order chi connectivity index (χ0) is 3.41. The van der Waals surface area contributed by atoms with E-state index in [1.165, 1.54) is 12.8 Å². The van der Waals surface area contributed by atoms with Crippen molar-refractivity contribution in [3.63, 3.8) is 0 Å². The third kappa shape index (κ3) is 19.1. The molecule has 40 valence electrons. The first-order valence-corrected chi connectivity index (χ1v) is 1.91. The summed E-state index contributed by atoms with van der Waals surface area (Å²) in [6.07, 6.45) is 2.64. The molecule has 0 aliphatic heterocycles. The maximum atomic E-state index is 2.18. The van der Waals surface area contributed by atoms with E-state index in [2.05, 4.69) is 13.8 Å². The van der Waals surface area contributed by atoms with Gasteiger partial charge in [0.05, 0.1) is 0 Å². The molecular formula is C4H14ClIn. The minimum atomic E-state index is 0. The number of hydrogen-bond acceptors (Lipinski definition) is 0. The summed E-state index contributed by atoms with van der Waals surface area (Å²) < 4.78 is 0. The second-order valence-corrected chi connectivity index (χ2v) is 1.000. The van der Waals surface area contributed by atoms with Gasteiger partial charge in [-0.05, 0) is 0 Å². The Morgan fingerprint density at radius 2 is 1.17 bits per heavy atom. The molecule has 0 spiro atoms. The van der Waals surface area contributed by atoms with Crippen molar-refractivity contribution in [2.24, 2.45) is 0 Å². The van der Waals surface area contributed by atoms with Crippen LogP contribution in [0.1, 0.15) is 26.7 Å². The van der Waals surface area contributed by atoms with Gasteiger partial charge in [-0.1, -0.05) is 26.7 Å². The van der Waals surface area contributed by atoms with Crippen molar-refractivity contribution >= 4 is 38.3 Å². The van der Waals surface area contributed by atoms with Gasteiger partial charge in [0.2, 0.25) is 0 Å². The van der Waals surface area contributed by atoms with Crippen molar-refractivity contribution in [2.75, 3.05) is 0 Å². The van der Waals surface area contributed by atoms with E-state index in [-0.39, 0.29) is 38.3 Å². The Hall–Kier alpha value is 1.16. The Morgan fingerprint density at radius 3 is 1.17 bits per heavy atom. The molecule has 0 N–H and O–H groups in total. The molecule has 0 saturated heterocycles. The first kappa shape index (κ1) is 15.7. The maximum absolute atomic E-state index is 2.18. The van der Waals surface area contributed by atoms with Gasteiger partial charge in [0, 0.05) is 0 Å². The summed E-state index contributed by atoms with van der Waals surface area (Å²) in [5, 5.41) is 0. The third-order valence-corrected chi connectivity index (χ3v) is 0.500. The van der Waals surface area contributed by atoms with E-state index < -0.39 is 0 Å². The van der Waals surface area contributed by atoms with Gasteiger partial charge in [-0.25, -0.2) is 0 Å². The van der Waals surface area contributed by atoms with Gasteiger partial charge in [0.25, 0.3) is 0 Å². The molecule has 0 aromatic carbocycles. The molecule has 0 radical (unpaired) electrons. The molecule has 0 rings (SSSR count). The minimum absolute atomic E-state index is 0. The van der Waals surface area contributed by atoms with Crippen LogP contribution in [0.5, 0.6) is 0 Å². The van der Waals surface area contributed by atoms with Crippen molar-refractivity contribution in [1.29, 1.82) is 0 Å². The first-order chi connectivity index (χ1) is 1.91. The van der Waals surface area contributed by atoms with Gasteiger partial charge in [-0.2, -0.15) is 0 Å². The van der Waals surface area contributed by atoms with Crippen LogP contribution in [0.15, 0.2) is 0 Å². The fraction of sp³-hybridized carbons (Fsp3) is 1.00. The predicted octanol–water partition coefficient (Wildman–Crippen LogP) is 1.04. The number of rotatable bonds is 1. The Bertz CT molecular complexity index is 9.51. The summed E-state index contributed by atoms with van der Waals surface area (Å²) in [4.78, 5) is 0. The summed E-state index contributed by atoms with van der Waals surface area (Å²) >= 11 is 0. The molecule has 0 bridgehead atoms. The van der Waals surface area contributed by atoms with Gasteiger partial charge < -0.3 is 0 Å². The monoisotopic (exact) mass is 212 g/mol. The summed E-state index contributed by atoms with van der Waals surface area (Å²) in [7, 11) is 0. The van der Waals surface area contributed by atoms with Gasteiger partial charge in [-0.3, -0.25) is 0 Å². The number of halogens is 1. The fourth-order valence-electron chi connectivity index (χ4n) is 0. The molecule has 0 saturated carbocycles. The molecule has 0 aliphatic carbocycles. The predicted molar refractivity (Wildman–Crippen MR) is 37.8 cm³/mol. The van der Waals surface area contributed by atoms with E-state index in [1.807, 2.05) is 0 Å². The van der Waals surface area contributed by atoms with Crippen LogP contribution in [0.25, 0.3) is 0 Å². The normalized spacial score (nSPS) is 5.00. The molecule has 0 unspecified atom stereocenters. The molecule has 6 heavy (non-hydrogen) atoms. The van der Waals surface area contributed by atoms with E-state index in [4.69, 9.17) is 0 Å². The Morgan fingerprint density at radius 1 is 1.00 bits per heavy atom. The molecule has 0 aromatic heterocycles. The average molecular weight is 212 g/mol. The standard InChI is InChI=1S/C4H10.ClH.In.3H/c1-3-4-2;;;;;/h3-4H2,1-2H3;1H;;;;. The molecule has 0 aliphatic rings. The number of unbranched alkanes of at least 4 members (excludes halogenated alkanes) is 1. The van der Waals surface area contributed by atoms with Crippen LogP contribution in [0.4, 0.5) is 0 Å². The summed E-state index contributed by atoms with van der Waals surface area (Å²) in [5.41, 5.74) is 0. The molecule has 0 nitrogen and oxygen atoms in total. The van der Waals surface area contributed by atoms with E-state index in [1.54, 1.807) is 0 Å². The van der Waals surface area contributed by atoms with Crippen molar-refractivity contribution in [3.8, 4) is 0 Å². The Labute approximate surface area is 64.9 Å². The zero-order valence-corrected chi connectivity index (χ0v) is 4.64. The van der Waals surface area contributed by atoms with Crippen molar-refractivity contribution in [3.05, 3.63) is 0 Å². The van der Waals surface area contributed by atoms with Crippen LogP contribution in [0, 0.1) is 0 Å². The molecule has 0 fully saturated rings. The molecule has 0 aromatic rings. The molecule has 0 heterocycles.